The van der Waals surface area contributed by atoms with Crippen molar-refractivity contribution in [2.75, 3.05) is 39.6 Å². The highest BCUT2D eigenvalue weighted by Gasteiger charge is 2.41. The van der Waals surface area contributed by atoms with Crippen molar-refractivity contribution in [2.24, 2.45) is 0 Å². The third kappa shape index (κ3) is 17.9. The van der Waals surface area contributed by atoms with E-state index in [1.165, 1.54) is 0 Å². The van der Waals surface area contributed by atoms with Crippen LogP contribution in [0.2, 0.25) is 0 Å². The third-order valence-electron chi connectivity index (χ3n) is 2.13. The molecule has 0 saturated heterocycles. The van der Waals surface area contributed by atoms with Crippen LogP contribution in [-0.4, -0.2) is 64.3 Å². The van der Waals surface area contributed by atoms with Crippen LogP contribution in [0.4, 0.5) is 52.7 Å². The molecular formula is C10H12F12O8P2. The van der Waals surface area contributed by atoms with Crippen molar-refractivity contribution in [2.45, 2.75) is 24.7 Å². The van der Waals surface area contributed by atoms with Gasteiger partial charge in [0.15, 0.2) is 26.4 Å². The van der Waals surface area contributed by atoms with Gasteiger partial charge in [-0.1, -0.05) is 0 Å². The number of alkyl halides is 12. The summed E-state index contributed by atoms with van der Waals surface area (Å²) in [5, 5.41) is 0. The highest BCUT2D eigenvalue weighted by atomic mass is 31.2. The first kappa shape index (κ1) is 31.4. The van der Waals surface area contributed by atoms with E-state index in [1.54, 1.807) is 0 Å². The summed E-state index contributed by atoms with van der Waals surface area (Å²) in [6.45, 7) is -12.6. The summed E-state index contributed by atoms with van der Waals surface area (Å²) in [6.07, 6.45) is -20.9. The monoisotopic (exact) mass is 550 g/mol. The van der Waals surface area contributed by atoms with E-state index in [4.69, 9.17) is 0 Å². The van der Waals surface area contributed by atoms with E-state index in [1.807, 2.05) is 0 Å². The first-order chi connectivity index (χ1) is 14.0. The van der Waals surface area contributed by atoms with E-state index in [0.29, 0.717) is 0 Å². The average molecular weight is 550 g/mol. The fraction of sp³-hybridized carbons (Fsp3) is 1.00. The number of hydrogen-bond donors (Lipinski definition) is 0. The second-order valence-electron chi connectivity index (χ2n) is 5.12. The molecule has 0 aromatic carbocycles. The Morgan fingerprint density at radius 2 is 0.594 bits per heavy atom. The molecular weight excluding hydrogens is 538 g/mol. The Balaban J connectivity index is 5.06. The van der Waals surface area contributed by atoms with Gasteiger partial charge in [-0.05, 0) is 0 Å². The first-order valence-electron chi connectivity index (χ1n) is 7.37. The van der Waals surface area contributed by atoms with Crippen LogP contribution in [-0.2, 0) is 36.3 Å². The molecule has 32 heavy (non-hydrogen) atoms. The second kappa shape index (κ2) is 11.7. The number of phosphoric ester groups is 2. The van der Waals surface area contributed by atoms with Gasteiger partial charge in [0.25, 0.3) is 0 Å². The molecule has 0 aromatic heterocycles. The zero-order chi connectivity index (χ0) is 25.5. The van der Waals surface area contributed by atoms with Crippen molar-refractivity contribution in [3.63, 3.8) is 0 Å². The summed E-state index contributed by atoms with van der Waals surface area (Å²) in [6, 6.07) is 0. The van der Waals surface area contributed by atoms with Gasteiger partial charge in [0.05, 0.1) is 13.2 Å². The van der Waals surface area contributed by atoms with Crippen LogP contribution in [0.3, 0.4) is 0 Å². The smallest absolute Gasteiger partial charge is 0.284 e. The molecule has 0 bridgehead atoms. The highest BCUT2D eigenvalue weighted by molar-refractivity contribution is 7.48. The summed E-state index contributed by atoms with van der Waals surface area (Å²) in [7, 11) is -11.3. The van der Waals surface area contributed by atoms with Crippen molar-refractivity contribution < 1.29 is 89.0 Å². The molecule has 0 amide bonds. The zero-order valence-corrected chi connectivity index (χ0v) is 16.7. The summed E-state index contributed by atoms with van der Waals surface area (Å²) in [5.41, 5.74) is 0. The molecule has 0 aliphatic heterocycles. The molecule has 0 atom stereocenters. The molecule has 0 unspecified atom stereocenters. The normalized spacial score (nSPS) is 14.8. The Kier molecular flexibility index (Phi) is 11.5. The van der Waals surface area contributed by atoms with Crippen molar-refractivity contribution in [1.82, 2.24) is 0 Å². The second-order valence-corrected chi connectivity index (χ2v) is 8.45. The van der Waals surface area contributed by atoms with E-state index in [0.717, 1.165) is 0 Å². The first-order valence-corrected chi connectivity index (χ1v) is 10.3. The van der Waals surface area contributed by atoms with E-state index < -0.39 is 80.0 Å². The van der Waals surface area contributed by atoms with Crippen LogP contribution in [0.5, 0.6) is 0 Å². The number of phosphoric acid groups is 2. The molecule has 8 nitrogen and oxygen atoms in total. The van der Waals surface area contributed by atoms with Crippen LogP contribution in [0, 0.1) is 0 Å². The summed E-state index contributed by atoms with van der Waals surface area (Å²) >= 11 is 0. The summed E-state index contributed by atoms with van der Waals surface area (Å²) in [5.74, 6) is 0. The molecule has 0 saturated carbocycles. The van der Waals surface area contributed by atoms with Crippen LogP contribution in [0.1, 0.15) is 0 Å². The molecule has 194 valence electrons. The van der Waals surface area contributed by atoms with Gasteiger partial charge in [-0.2, -0.15) is 52.7 Å². The largest absolute Gasteiger partial charge is 0.475 e. The van der Waals surface area contributed by atoms with Crippen LogP contribution >= 0.6 is 15.6 Å². The van der Waals surface area contributed by atoms with E-state index >= 15 is 0 Å². The zero-order valence-electron chi connectivity index (χ0n) is 14.9. The maximum atomic E-state index is 12.1. The van der Waals surface area contributed by atoms with Gasteiger partial charge in [-0.15, -0.1) is 0 Å². The highest BCUT2D eigenvalue weighted by Crippen LogP contribution is 2.53. The van der Waals surface area contributed by atoms with Gasteiger partial charge >= 0.3 is 40.4 Å². The minimum atomic E-state index is -5.63. The molecule has 0 heterocycles. The Bertz CT molecular complexity index is 558. The Labute approximate surface area is 170 Å². The maximum absolute atomic E-state index is 12.1. The summed E-state index contributed by atoms with van der Waals surface area (Å²) < 4.78 is 191. The van der Waals surface area contributed by atoms with E-state index in [-0.39, 0.29) is 0 Å². The number of hydrogen-bond acceptors (Lipinski definition) is 8. The minimum Gasteiger partial charge on any atom is -0.284 e. The molecule has 0 aliphatic rings. The van der Waals surface area contributed by atoms with Gasteiger partial charge in [0, 0.05) is 0 Å². The van der Waals surface area contributed by atoms with Gasteiger partial charge in [-0.25, -0.2) is 9.13 Å². The molecule has 22 heteroatoms. The Hall–Kier alpha value is -0.620. The minimum absolute atomic E-state index is 1.46. The predicted molar refractivity (Wildman–Crippen MR) is 75.1 cm³/mol. The number of halogens is 12. The quantitative estimate of drug-likeness (QED) is 0.168. The Morgan fingerprint density at radius 1 is 0.406 bits per heavy atom. The van der Waals surface area contributed by atoms with Crippen LogP contribution in [0.15, 0.2) is 0 Å². The molecule has 0 fully saturated rings. The molecule has 0 radical (unpaired) electrons. The molecule has 0 spiro atoms. The topological polar surface area (TPSA) is 89.5 Å². The van der Waals surface area contributed by atoms with Gasteiger partial charge < -0.3 is 0 Å². The van der Waals surface area contributed by atoms with E-state index in [9.17, 15) is 61.8 Å². The van der Waals surface area contributed by atoms with Crippen molar-refractivity contribution >= 4 is 15.6 Å². The predicted octanol–water partition coefficient (Wildman–Crippen LogP) is 5.55. The lowest BCUT2D eigenvalue weighted by atomic mass is 10.7. The Morgan fingerprint density at radius 3 is 0.750 bits per heavy atom. The molecule has 0 rings (SSSR count). The molecule has 0 aliphatic carbocycles. The van der Waals surface area contributed by atoms with Gasteiger partial charge in [-0.3, -0.25) is 27.1 Å². The van der Waals surface area contributed by atoms with Gasteiger partial charge in [0.2, 0.25) is 0 Å². The fourth-order valence-corrected chi connectivity index (χ4v) is 3.39. The third-order valence-corrected chi connectivity index (χ3v) is 4.91. The van der Waals surface area contributed by atoms with Gasteiger partial charge in [0.1, 0.15) is 0 Å². The summed E-state index contributed by atoms with van der Waals surface area (Å²) in [4.78, 5) is 0. The average Bonchev–Trinajstić information content (AvgIpc) is 2.57. The lowest BCUT2D eigenvalue weighted by molar-refractivity contribution is -0.172. The lowest BCUT2D eigenvalue weighted by Crippen LogP contribution is -2.22. The standard InChI is InChI=1S/C10H12F12O8P2/c11-7(12,13)3-27-31(23,28-4-8(14,15)16)25-1-2-26-32(24,29-5-9(17,18)19)30-6-10(20,21)22/h1-6H2. The van der Waals surface area contributed by atoms with Crippen molar-refractivity contribution in [3.05, 3.63) is 0 Å². The molecule has 0 aromatic rings. The fourth-order valence-electron chi connectivity index (χ4n) is 1.13. The van der Waals surface area contributed by atoms with Crippen molar-refractivity contribution in [3.8, 4) is 0 Å². The van der Waals surface area contributed by atoms with Crippen LogP contribution in [0.25, 0.3) is 0 Å². The lowest BCUT2D eigenvalue weighted by Gasteiger charge is -2.21. The SMILES string of the molecule is O=P(OCCOP(=O)(OCC(F)(F)F)OCC(F)(F)F)(OCC(F)(F)F)OCC(F)(F)F. The molecule has 0 N–H and O–H groups in total. The van der Waals surface area contributed by atoms with E-state index in [2.05, 4.69) is 27.1 Å². The maximum Gasteiger partial charge on any atom is 0.475 e. The van der Waals surface area contributed by atoms with Crippen molar-refractivity contribution in [1.29, 1.82) is 0 Å². The van der Waals surface area contributed by atoms with Crippen LogP contribution < -0.4 is 0 Å². The number of rotatable bonds is 13.